The first kappa shape index (κ1) is 17.4. The van der Waals surface area contributed by atoms with Gasteiger partial charge in [0.1, 0.15) is 11.6 Å². The number of benzene rings is 2. The van der Waals surface area contributed by atoms with Gasteiger partial charge in [0, 0.05) is 17.8 Å². The van der Waals surface area contributed by atoms with Crippen molar-refractivity contribution in [2.45, 2.75) is 31.8 Å². The summed E-state index contributed by atoms with van der Waals surface area (Å²) in [5, 5.41) is 4.32. The molecule has 1 aliphatic carbocycles. The van der Waals surface area contributed by atoms with Crippen LogP contribution in [0.4, 0.5) is 8.78 Å². The second-order valence-corrected chi connectivity index (χ2v) is 6.77. The predicted octanol–water partition coefficient (Wildman–Crippen LogP) is 4.52. The summed E-state index contributed by atoms with van der Waals surface area (Å²) < 4.78 is 29.1. The molecule has 0 radical (unpaired) electrons. The number of carbonyl (C=O) groups is 1. The Morgan fingerprint density at radius 2 is 1.93 bits per heavy atom. The van der Waals surface area contributed by atoms with E-state index in [-0.39, 0.29) is 29.3 Å². The van der Waals surface area contributed by atoms with Crippen LogP contribution in [0.15, 0.2) is 60.8 Å². The molecule has 2 aromatic carbocycles. The molecular formula is C21H19F2N3O. The molecule has 6 heteroatoms. The largest absolute Gasteiger partial charge is 0.327 e. The van der Waals surface area contributed by atoms with Crippen molar-refractivity contribution in [1.82, 2.24) is 14.7 Å². The highest BCUT2D eigenvalue weighted by Gasteiger charge is 2.38. The number of aromatic nitrogens is 2. The number of nitrogens with zero attached hydrogens (tertiary/aromatic N) is 3. The second kappa shape index (κ2) is 6.95. The Morgan fingerprint density at radius 3 is 2.63 bits per heavy atom. The van der Waals surface area contributed by atoms with Gasteiger partial charge in [-0.25, -0.2) is 13.5 Å². The van der Waals surface area contributed by atoms with Crippen molar-refractivity contribution >= 4 is 5.91 Å². The van der Waals surface area contributed by atoms with E-state index in [0.29, 0.717) is 11.3 Å². The molecular weight excluding hydrogens is 348 g/mol. The third-order valence-corrected chi connectivity index (χ3v) is 4.83. The third kappa shape index (κ3) is 3.47. The van der Waals surface area contributed by atoms with Gasteiger partial charge in [-0.15, -0.1) is 0 Å². The fourth-order valence-corrected chi connectivity index (χ4v) is 3.31. The molecule has 27 heavy (non-hydrogen) atoms. The van der Waals surface area contributed by atoms with E-state index in [1.54, 1.807) is 47.5 Å². The van der Waals surface area contributed by atoms with Crippen molar-refractivity contribution in [2.75, 3.05) is 0 Å². The quantitative estimate of drug-likeness (QED) is 0.665. The van der Waals surface area contributed by atoms with Crippen LogP contribution in [0.2, 0.25) is 0 Å². The van der Waals surface area contributed by atoms with Crippen LogP contribution in [-0.2, 0) is 0 Å². The molecule has 0 spiro atoms. The van der Waals surface area contributed by atoms with Crippen molar-refractivity contribution in [2.24, 2.45) is 0 Å². The van der Waals surface area contributed by atoms with Gasteiger partial charge in [0.05, 0.1) is 11.7 Å². The van der Waals surface area contributed by atoms with Crippen molar-refractivity contribution in [3.05, 3.63) is 83.7 Å². The Morgan fingerprint density at radius 1 is 1.15 bits per heavy atom. The van der Waals surface area contributed by atoms with Crippen LogP contribution < -0.4 is 0 Å². The Hall–Kier alpha value is -3.02. The first-order valence-corrected chi connectivity index (χ1v) is 8.93. The molecule has 1 atom stereocenters. The van der Waals surface area contributed by atoms with Gasteiger partial charge in [0.2, 0.25) is 0 Å². The van der Waals surface area contributed by atoms with Gasteiger partial charge in [-0.05, 0) is 50.1 Å². The van der Waals surface area contributed by atoms with Gasteiger partial charge >= 0.3 is 0 Å². The van der Waals surface area contributed by atoms with Crippen LogP contribution in [0.5, 0.6) is 0 Å². The van der Waals surface area contributed by atoms with Gasteiger partial charge < -0.3 is 4.90 Å². The summed E-state index contributed by atoms with van der Waals surface area (Å²) in [6.07, 6.45) is 3.42. The van der Waals surface area contributed by atoms with Crippen LogP contribution in [0.3, 0.4) is 0 Å². The fourth-order valence-electron chi connectivity index (χ4n) is 3.31. The summed E-state index contributed by atoms with van der Waals surface area (Å²) in [5.74, 6) is -0.944. The molecule has 138 valence electrons. The summed E-state index contributed by atoms with van der Waals surface area (Å²) in [7, 11) is 0. The lowest BCUT2D eigenvalue weighted by Crippen LogP contribution is -2.36. The minimum absolute atomic E-state index is 0.0893. The Kier molecular flexibility index (Phi) is 4.48. The van der Waals surface area contributed by atoms with E-state index in [4.69, 9.17) is 0 Å². The molecule has 1 fully saturated rings. The highest BCUT2D eigenvalue weighted by molar-refractivity contribution is 5.93. The second-order valence-electron chi connectivity index (χ2n) is 6.77. The average molecular weight is 367 g/mol. The smallest absolute Gasteiger partial charge is 0.275 e. The Balaban J connectivity index is 1.63. The number of carbonyl (C=O) groups excluding carboxylic acids is 1. The Labute approximate surface area is 156 Å². The molecule has 0 bridgehead atoms. The molecule has 1 heterocycles. The highest BCUT2D eigenvalue weighted by atomic mass is 19.1. The maximum atomic E-state index is 14.2. The maximum absolute atomic E-state index is 14.2. The number of amides is 1. The van der Waals surface area contributed by atoms with E-state index in [1.807, 2.05) is 6.92 Å². The molecule has 1 aromatic heterocycles. The number of rotatable bonds is 5. The number of hydrogen-bond donors (Lipinski definition) is 0. The molecule has 1 amide bonds. The molecule has 1 aliphatic rings. The third-order valence-electron chi connectivity index (χ3n) is 4.83. The van der Waals surface area contributed by atoms with Gasteiger partial charge in [-0.2, -0.15) is 5.10 Å². The normalized spacial score (nSPS) is 14.8. The standard InChI is InChI=1S/C21H19F2N3O/c1-14(18-7-2-3-8-19(18)23)26(16-9-10-16)21(27)20-11-12-25(24-20)17-6-4-5-15(22)13-17/h2-8,11-14,16H,9-10H2,1H3. The van der Waals surface area contributed by atoms with Crippen molar-refractivity contribution < 1.29 is 13.6 Å². The van der Waals surface area contributed by atoms with Crippen LogP contribution in [0, 0.1) is 11.6 Å². The summed E-state index contributed by atoms with van der Waals surface area (Å²) >= 11 is 0. The van der Waals surface area contributed by atoms with Crippen LogP contribution in [-0.4, -0.2) is 26.6 Å². The molecule has 1 unspecified atom stereocenters. The van der Waals surface area contributed by atoms with Crippen LogP contribution in [0.1, 0.15) is 41.9 Å². The van der Waals surface area contributed by atoms with E-state index in [0.717, 1.165) is 12.8 Å². The van der Waals surface area contributed by atoms with Crippen molar-refractivity contribution in [3.8, 4) is 5.69 Å². The summed E-state index contributed by atoms with van der Waals surface area (Å²) in [6, 6.07) is 13.8. The van der Waals surface area contributed by atoms with E-state index in [2.05, 4.69) is 5.10 Å². The van der Waals surface area contributed by atoms with Gasteiger partial charge in [0.15, 0.2) is 5.69 Å². The zero-order valence-corrected chi connectivity index (χ0v) is 14.8. The lowest BCUT2D eigenvalue weighted by molar-refractivity contribution is 0.0664. The fraction of sp³-hybridized carbons (Fsp3) is 0.238. The lowest BCUT2D eigenvalue weighted by atomic mass is 10.1. The van der Waals surface area contributed by atoms with Crippen LogP contribution in [0.25, 0.3) is 5.69 Å². The van der Waals surface area contributed by atoms with Gasteiger partial charge in [0.25, 0.3) is 5.91 Å². The lowest BCUT2D eigenvalue weighted by Gasteiger charge is -2.29. The Bertz CT molecular complexity index is 981. The van der Waals surface area contributed by atoms with Gasteiger partial charge in [-0.3, -0.25) is 4.79 Å². The topological polar surface area (TPSA) is 38.1 Å². The van der Waals surface area contributed by atoms with E-state index < -0.39 is 6.04 Å². The number of hydrogen-bond acceptors (Lipinski definition) is 2. The molecule has 1 saturated carbocycles. The minimum Gasteiger partial charge on any atom is -0.327 e. The first-order valence-electron chi connectivity index (χ1n) is 8.93. The maximum Gasteiger partial charge on any atom is 0.275 e. The summed E-state index contributed by atoms with van der Waals surface area (Å²) in [4.78, 5) is 14.8. The molecule has 4 rings (SSSR count). The van der Waals surface area contributed by atoms with Crippen molar-refractivity contribution in [3.63, 3.8) is 0 Å². The number of halogens is 2. The van der Waals surface area contributed by atoms with Crippen LogP contribution >= 0.6 is 0 Å². The van der Waals surface area contributed by atoms with E-state index >= 15 is 0 Å². The molecule has 0 N–H and O–H groups in total. The van der Waals surface area contributed by atoms with E-state index in [1.165, 1.54) is 22.9 Å². The molecule has 3 aromatic rings. The van der Waals surface area contributed by atoms with Crippen molar-refractivity contribution in [1.29, 1.82) is 0 Å². The van der Waals surface area contributed by atoms with Gasteiger partial charge in [-0.1, -0.05) is 24.3 Å². The first-order chi connectivity index (χ1) is 13.0. The molecule has 0 saturated heterocycles. The zero-order valence-electron chi connectivity index (χ0n) is 14.8. The summed E-state index contributed by atoms with van der Waals surface area (Å²) in [6.45, 7) is 1.83. The highest BCUT2D eigenvalue weighted by Crippen LogP contribution is 2.36. The van der Waals surface area contributed by atoms with E-state index in [9.17, 15) is 13.6 Å². The molecule has 0 aliphatic heterocycles. The monoisotopic (exact) mass is 367 g/mol. The summed E-state index contributed by atoms with van der Waals surface area (Å²) in [5.41, 5.74) is 1.28. The SMILES string of the molecule is CC(c1ccccc1F)N(C(=O)c1ccn(-c2cccc(F)c2)n1)C1CC1. The minimum atomic E-state index is -0.398. The molecule has 4 nitrogen and oxygen atoms in total. The average Bonchev–Trinajstić information content (AvgIpc) is 3.36. The zero-order chi connectivity index (χ0) is 19.0. The predicted molar refractivity (Wildman–Crippen MR) is 97.5 cm³/mol.